The van der Waals surface area contributed by atoms with Crippen LogP contribution in [-0.4, -0.2) is 22.8 Å². The van der Waals surface area contributed by atoms with E-state index in [0.717, 1.165) is 11.6 Å². The van der Waals surface area contributed by atoms with E-state index in [4.69, 9.17) is 16.2 Å². The van der Waals surface area contributed by atoms with Gasteiger partial charge in [-0.05, 0) is 23.8 Å². The minimum absolute atomic E-state index is 0.0173. The van der Waals surface area contributed by atoms with Gasteiger partial charge in [0, 0.05) is 6.07 Å². The van der Waals surface area contributed by atoms with E-state index < -0.39 is 10.1 Å². The van der Waals surface area contributed by atoms with Crippen LogP contribution in [0.15, 0.2) is 64.3 Å². The van der Waals surface area contributed by atoms with E-state index in [1.54, 1.807) is 0 Å². The molecule has 2 N–H and O–H groups in total. The molecule has 0 bridgehead atoms. The number of benzene rings is 2. The fourth-order valence-corrected chi connectivity index (χ4v) is 3.01. The highest BCUT2D eigenvalue weighted by atomic mass is 35.5. The zero-order chi connectivity index (χ0) is 16.6. The summed E-state index contributed by atoms with van der Waals surface area (Å²) < 4.78 is 32.4. The molecule has 0 unspecified atom stereocenters. The number of rotatable bonds is 3. The molecule has 0 fully saturated rings. The highest BCUT2D eigenvalue weighted by Crippen LogP contribution is 2.24. The van der Waals surface area contributed by atoms with Crippen LogP contribution in [0.2, 0.25) is 5.02 Å². The third-order valence-corrected chi connectivity index (χ3v) is 4.42. The molecule has 0 atom stereocenters. The van der Waals surface area contributed by atoms with Gasteiger partial charge in [0.1, 0.15) is 0 Å². The summed E-state index contributed by atoms with van der Waals surface area (Å²) >= 11 is 6.04. The standard InChI is InChI=1S/C15H11ClN2O4S/c16-12-8-11(23(20,21)22)6-7-14(12)18-15(19)9-13(17-18)10-4-2-1-3-5-10/h1-9,17H,(H,20,21,22). The van der Waals surface area contributed by atoms with Crippen LogP contribution < -0.4 is 5.56 Å². The first kappa shape index (κ1) is 15.5. The summed E-state index contributed by atoms with van der Waals surface area (Å²) in [5.74, 6) is 0. The van der Waals surface area contributed by atoms with Crippen molar-refractivity contribution in [3.8, 4) is 16.9 Å². The van der Waals surface area contributed by atoms with Gasteiger partial charge in [0.05, 0.1) is 21.3 Å². The second-order valence-electron chi connectivity index (χ2n) is 4.80. The summed E-state index contributed by atoms with van der Waals surface area (Å²) in [4.78, 5) is 11.8. The molecule has 1 heterocycles. The minimum Gasteiger partial charge on any atom is -0.290 e. The second-order valence-corrected chi connectivity index (χ2v) is 6.63. The van der Waals surface area contributed by atoms with Gasteiger partial charge < -0.3 is 0 Å². The van der Waals surface area contributed by atoms with Crippen LogP contribution in [0.5, 0.6) is 0 Å². The van der Waals surface area contributed by atoms with Crippen molar-refractivity contribution in [1.82, 2.24) is 9.78 Å². The third-order valence-electron chi connectivity index (χ3n) is 3.26. The average Bonchev–Trinajstić information content (AvgIpc) is 2.89. The monoisotopic (exact) mass is 350 g/mol. The molecule has 6 nitrogen and oxygen atoms in total. The number of aromatic amines is 1. The van der Waals surface area contributed by atoms with Gasteiger partial charge in [0.25, 0.3) is 15.7 Å². The van der Waals surface area contributed by atoms with E-state index >= 15 is 0 Å². The lowest BCUT2D eigenvalue weighted by Crippen LogP contribution is -2.14. The molecular weight excluding hydrogens is 340 g/mol. The molecule has 3 rings (SSSR count). The van der Waals surface area contributed by atoms with Crippen molar-refractivity contribution in [2.24, 2.45) is 0 Å². The maximum Gasteiger partial charge on any atom is 0.294 e. The van der Waals surface area contributed by atoms with Crippen LogP contribution in [-0.2, 0) is 10.1 Å². The van der Waals surface area contributed by atoms with Crippen molar-refractivity contribution in [2.75, 3.05) is 0 Å². The summed E-state index contributed by atoms with van der Waals surface area (Å²) in [6.45, 7) is 0. The Kier molecular flexibility index (Phi) is 3.85. The summed E-state index contributed by atoms with van der Waals surface area (Å²) in [6, 6.07) is 14.3. The number of H-pyrrole nitrogens is 1. The molecule has 0 aliphatic carbocycles. The third kappa shape index (κ3) is 3.07. The highest BCUT2D eigenvalue weighted by molar-refractivity contribution is 7.85. The summed E-state index contributed by atoms with van der Waals surface area (Å²) in [6.07, 6.45) is 0. The van der Waals surface area contributed by atoms with Gasteiger partial charge in [-0.1, -0.05) is 41.9 Å². The molecule has 0 spiro atoms. The Labute approximate surface area is 136 Å². The van der Waals surface area contributed by atoms with Gasteiger partial charge in [0.15, 0.2) is 0 Å². The van der Waals surface area contributed by atoms with Gasteiger partial charge in [-0.15, -0.1) is 0 Å². The van der Waals surface area contributed by atoms with Gasteiger partial charge in [-0.3, -0.25) is 14.4 Å². The molecule has 0 aliphatic heterocycles. The molecule has 23 heavy (non-hydrogen) atoms. The molecule has 0 amide bonds. The van der Waals surface area contributed by atoms with E-state index in [2.05, 4.69) is 5.10 Å². The Morgan fingerprint density at radius 2 is 1.74 bits per heavy atom. The normalized spacial score (nSPS) is 11.6. The fraction of sp³-hybridized carbons (Fsp3) is 0. The second kappa shape index (κ2) is 5.69. The molecule has 1 aromatic heterocycles. The van der Waals surface area contributed by atoms with Gasteiger partial charge in [-0.25, -0.2) is 4.68 Å². The maximum absolute atomic E-state index is 12.2. The molecule has 3 aromatic rings. The summed E-state index contributed by atoms with van der Waals surface area (Å²) in [5, 5.41) is 2.94. The Bertz CT molecular complexity index is 1020. The lowest BCUT2D eigenvalue weighted by Gasteiger charge is -2.06. The van der Waals surface area contributed by atoms with E-state index in [1.165, 1.54) is 22.9 Å². The number of aromatic nitrogens is 2. The van der Waals surface area contributed by atoms with Crippen LogP contribution in [0.4, 0.5) is 0 Å². The average molecular weight is 351 g/mol. The fourth-order valence-electron chi connectivity index (χ4n) is 2.17. The van der Waals surface area contributed by atoms with E-state index in [-0.39, 0.29) is 21.2 Å². The largest absolute Gasteiger partial charge is 0.294 e. The molecule has 0 saturated heterocycles. The first-order valence-electron chi connectivity index (χ1n) is 6.51. The first-order valence-corrected chi connectivity index (χ1v) is 8.33. The Balaban J connectivity index is 2.10. The summed E-state index contributed by atoms with van der Waals surface area (Å²) in [5.41, 5.74) is 1.37. The van der Waals surface area contributed by atoms with E-state index in [0.29, 0.717) is 5.69 Å². The Morgan fingerprint density at radius 1 is 1.04 bits per heavy atom. The molecule has 0 saturated carbocycles. The van der Waals surface area contributed by atoms with Crippen molar-refractivity contribution in [3.63, 3.8) is 0 Å². The van der Waals surface area contributed by atoms with Crippen molar-refractivity contribution >= 4 is 21.7 Å². The van der Waals surface area contributed by atoms with Gasteiger partial charge in [-0.2, -0.15) is 8.42 Å². The quantitative estimate of drug-likeness (QED) is 0.710. The highest BCUT2D eigenvalue weighted by Gasteiger charge is 2.15. The van der Waals surface area contributed by atoms with Crippen molar-refractivity contribution in [1.29, 1.82) is 0 Å². The number of nitrogens with one attached hydrogen (secondary N) is 1. The molecule has 118 valence electrons. The van der Waals surface area contributed by atoms with Crippen LogP contribution in [0.25, 0.3) is 16.9 Å². The zero-order valence-corrected chi connectivity index (χ0v) is 13.2. The maximum atomic E-state index is 12.2. The number of nitrogens with zero attached hydrogens (tertiary/aromatic N) is 1. The van der Waals surface area contributed by atoms with Gasteiger partial charge in [0.2, 0.25) is 0 Å². The van der Waals surface area contributed by atoms with Crippen LogP contribution in [0.3, 0.4) is 0 Å². The number of hydrogen-bond acceptors (Lipinski definition) is 3. The van der Waals surface area contributed by atoms with Crippen LogP contribution in [0, 0.1) is 0 Å². The van der Waals surface area contributed by atoms with Crippen molar-refractivity contribution in [2.45, 2.75) is 4.90 Å². The molecule has 0 aliphatic rings. The lowest BCUT2D eigenvalue weighted by atomic mass is 10.2. The minimum atomic E-state index is -4.35. The van der Waals surface area contributed by atoms with E-state index in [9.17, 15) is 13.2 Å². The summed E-state index contributed by atoms with van der Waals surface area (Å²) in [7, 11) is -4.35. The Hall–Kier alpha value is -2.35. The van der Waals surface area contributed by atoms with Crippen LogP contribution in [0.1, 0.15) is 0 Å². The zero-order valence-electron chi connectivity index (χ0n) is 11.6. The predicted octanol–water partition coefficient (Wildman–Crippen LogP) is 2.73. The first-order chi connectivity index (χ1) is 10.9. The topological polar surface area (TPSA) is 92.2 Å². The number of halogens is 1. The molecule has 0 radical (unpaired) electrons. The van der Waals surface area contributed by atoms with Crippen molar-refractivity contribution in [3.05, 3.63) is 70.0 Å². The smallest absolute Gasteiger partial charge is 0.290 e. The SMILES string of the molecule is O=c1cc(-c2ccccc2)[nH]n1-c1ccc(S(=O)(=O)O)cc1Cl. The van der Waals surface area contributed by atoms with Crippen molar-refractivity contribution < 1.29 is 13.0 Å². The molecule has 8 heteroatoms. The van der Waals surface area contributed by atoms with Crippen LogP contribution >= 0.6 is 11.6 Å². The molecule has 2 aromatic carbocycles. The van der Waals surface area contributed by atoms with Gasteiger partial charge >= 0.3 is 0 Å². The number of hydrogen-bond donors (Lipinski definition) is 2. The Morgan fingerprint density at radius 3 is 2.35 bits per heavy atom. The molecular formula is C15H11ClN2O4S. The lowest BCUT2D eigenvalue weighted by molar-refractivity contribution is 0.483. The van der Waals surface area contributed by atoms with E-state index in [1.807, 2.05) is 30.3 Å². The predicted molar refractivity (Wildman–Crippen MR) is 86.7 cm³/mol.